The lowest BCUT2D eigenvalue weighted by molar-refractivity contribution is -0.131. The quantitative estimate of drug-likeness (QED) is 0.718. The van der Waals surface area contributed by atoms with E-state index in [4.69, 9.17) is 5.73 Å². The second-order valence-corrected chi connectivity index (χ2v) is 5.15. The van der Waals surface area contributed by atoms with E-state index in [0.717, 1.165) is 6.54 Å². The average Bonchev–Trinajstić information content (AvgIpc) is 2.29. The van der Waals surface area contributed by atoms with Gasteiger partial charge in [0.1, 0.15) is 6.04 Å². The summed E-state index contributed by atoms with van der Waals surface area (Å²) in [4.78, 5) is 14.2. The van der Waals surface area contributed by atoms with E-state index < -0.39 is 0 Å². The molecule has 0 spiro atoms. The summed E-state index contributed by atoms with van der Waals surface area (Å²) in [5.41, 5.74) is 5.73. The number of nitrogens with two attached hydrogens (primary N) is 1. The van der Waals surface area contributed by atoms with Gasteiger partial charge < -0.3 is 11.1 Å². The third kappa shape index (κ3) is 2.38. The predicted molar refractivity (Wildman–Crippen MR) is 64.0 cm³/mol. The van der Waals surface area contributed by atoms with Gasteiger partial charge in [-0.3, -0.25) is 9.69 Å². The van der Waals surface area contributed by atoms with E-state index in [0.29, 0.717) is 12.6 Å². The Morgan fingerprint density at radius 1 is 1.38 bits per heavy atom. The molecule has 2 fully saturated rings. The maximum Gasteiger partial charge on any atom is 0.238 e. The van der Waals surface area contributed by atoms with Crippen molar-refractivity contribution in [3.63, 3.8) is 0 Å². The standard InChI is InChI=1S/C12H23N3O/c1-9-8-15(10-5-3-2-4-6-10)11(7-13)12(16)14-9/h9-11H,2-8,13H2,1H3,(H,14,16). The van der Waals surface area contributed by atoms with Crippen LogP contribution in [-0.2, 0) is 4.79 Å². The number of amides is 1. The van der Waals surface area contributed by atoms with Crippen LogP contribution < -0.4 is 11.1 Å². The molecule has 1 amide bonds. The molecule has 4 nitrogen and oxygen atoms in total. The minimum atomic E-state index is -0.0979. The Balaban J connectivity index is 2.05. The first-order valence-electron chi connectivity index (χ1n) is 6.48. The van der Waals surface area contributed by atoms with Crippen LogP contribution in [-0.4, -0.2) is 42.0 Å². The third-order valence-electron chi connectivity index (χ3n) is 3.84. The molecule has 2 aliphatic rings. The van der Waals surface area contributed by atoms with Gasteiger partial charge in [0.2, 0.25) is 5.91 Å². The summed E-state index contributed by atoms with van der Waals surface area (Å²) >= 11 is 0. The van der Waals surface area contributed by atoms with Crippen molar-refractivity contribution in [2.75, 3.05) is 13.1 Å². The van der Waals surface area contributed by atoms with Crippen LogP contribution in [0.3, 0.4) is 0 Å². The molecule has 1 saturated carbocycles. The largest absolute Gasteiger partial charge is 0.351 e. The molecular weight excluding hydrogens is 202 g/mol. The van der Waals surface area contributed by atoms with Gasteiger partial charge in [0.05, 0.1) is 0 Å². The fraction of sp³-hybridized carbons (Fsp3) is 0.917. The van der Waals surface area contributed by atoms with Crippen molar-refractivity contribution in [2.45, 2.75) is 57.2 Å². The Morgan fingerprint density at radius 2 is 2.06 bits per heavy atom. The zero-order valence-electron chi connectivity index (χ0n) is 10.1. The Kier molecular flexibility index (Phi) is 3.82. The molecule has 1 aliphatic heterocycles. The SMILES string of the molecule is CC1CN(C2CCCCC2)C(CN)C(=O)N1. The summed E-state index contributed by atoms with van der Waals surface area (Å²) in [5.74, 6) is 0.117. The van der Waals surface area contributed by atoms with Crippen molar-refractivity contribution in [1.29, 1.82) is 0 Å². The highest BCUT2D eigenvalue weighted by Gasteiger charge is 2.36. The Morgan fingerprint density at radius 3 is 2.69 bits per heavy atom. The number of nitrogens with one attached hydrogen (secondary N) is 1. The molecule has 4 heteroatoms. The number of piperazine rings is 1. The molecule has 1 saturated heterocycles. The molecule has 0 aromatic rings. The van der Waals surface area contributed by atoms with E-state index in [1.54, 1.807) is 0 Å². The van der Waals surface area contributed by atoms with Crippen LogP contribution in [0.2, 0.25) is 0 Å². The summed E-state index contributed by atoms with van der Waals surface area (Å²) in [7, 11) is 0. The van der Waals surface area contributed by atoms with Crippen LogP contribution >= 0.6 is 0 Å². The topological polar surface area (TPSA) is 58.4 Å². The van der Waals surface area contributed by atoms with Crippen molar-refractivity contribution < 1.29 is 4.79 Å². The lowest BCUT2D eigenvalue weighted by Crippen LogP contribution is -2.64. The third-order valence-corrected chi connectivity index (χ3v) is 3.84. The maximum atomic E-state index is 11.9. The summed E-state index contributed by atoms with van der Waals surface area (Å²) in [6.07, 6.45) is 6.41. The van der Waals surface area contributed by atoms with Gasteiger partial charge in [-0.05, 0) is 19.8 Å². The van der Waals surface area contributed by atoms with Crippen molar-refractivity contribution in [3.05, 3.63) is 0 Å². The van der Waals surface area contributed by atoms with E-state index in [-0.39, 0.29) is 18.0 Å². The number of carbonyl (C=O) groups is 1. The first-order chi connectivity index (χ1) is 7.72. The minimum absolute atomic E-state index is 0.0979. The van der Waals surface area contributed by atoms with Gasteiger partial charge >= 0.3 is 0 Å². The van der Waals surface area contributed by atoms with Crippen molar-refractivity contribution >= 4 is 5.91 Å². The number of rotatable bonds is 2. The monoisotopic (exact) mass is 225 g/mol. The summed E-state index contributed by atoms with van der Waals surface area (Å²) in [5, 5.41) is 2.99. The van der Waals surface area contributed by atoms with Crippen LogP contribution in [0.5, 0.6) is 0 Å². The first kappa shape index (κ1) is 11.9. The van der Waals surface area contributed by atoms with Gasteiger partial charge in [-0.15, -0.1) is 0 Å². The second kappa shape index (κ2) is 5.15. The molecular formula is C12H23N3O. The van der Waals surface area contributed by atoms with Gasteiger partial charge in [0.15, 0.2) is 0 Å². The molecule has 0 aromatic carbocycles. The van der Waals surface area contributed by atoms with E-state index in [2.05, 4.69) is 17.1 Å². The molecule has 1 heterocycles. The van der Waals surface area contributed by atoms with Gasteiger partial charge in [-0.2, -0.15) is 0 Å². The van der Waals surface area contributed by atoms with Crippen LogP contribution in [0, 0.1) is 0 Å². The zero-order chi connectivity index (χ0) is 11.5. The maximum absolute atomic E-state index is 11.9. The average molecular weight is 225 g/mol. The summed E-state index contributed by atoms with van der Waals surface area (Å²) in [6.45, 7) is 3.47. The number of hydrogen-bond donors (Lipinski definition) is 2. The minimum Gasteiger partial charge on any atom is -0.351 e. The van der Waals surface area contributed by atoms with Crippen LogP contribution in [0.4, 0.5) is 0 Å². The molecule has 2 unspecified atom stereocenters. The highest BCUT2D eigenvalue weighted by atomic mass is 16.2. The van der Waals surface area contributed by atoms with E-state index in [1.165, 1.54) is 32.1 Å². The van der Waals surface area contributed by atoms with Gasteiger partial charge in [0.25, 0.3) is 0 Å². The van der Waals surface area contributed by atoms with Crippen molar-refractivity contribution in [2.24, 2.45) is 5.73 Å². The zero-order valence-corrected chi connectivity index (χ0v) is 10.1. The number of nitrogens with zero attached hydrogens (tertiary/aromatic N) is 1. The van der Waals surface area contributed by atoms with Crippen molar-refractivity contribution in [1.82, 2.24) is 10.2 Å². The van der Waals surface area contributed by atoms with Crippen LogP contribution in [0.15, 0.2) is 0 Å². The van der Waals surface area contributed by atoms with E-state index in [1.807, 2.05) is 0 Å². The van der Waals surface area contributed by atoms with E-state index in [9.17, 15) is 4.79 Å². The van der Waals surface area contributed by atoms with Crippen molar-refractivity contribution in [3.8, 4) is 0 Å². The normalized spacial score (nSPS) is 33.8. The van der Waals surface area contributed by atoms with Gasteiger partial charge in [0, 0.05) is 25.2 Å². The lowest BCUT2D eigenvalue weighted by Gasteiger charge is -2.43. The summed E-state index contributed by atoms with van der Waals surface area (Å²) in [6, 6.07) is 0.743. The molecule has 3 N–H and O–H groups in total. The van der Waals surface area contributed by atoms with Crippen LogP contribution in [0.25, 0.3) is 0 Å². The molecule has 92 valence electrons. The molecule has 2 rings (SSSR count). The highest BCUT2D eigenvalue weighted by Crippen LogP contribution is 2.25. The summed E-state index contributed by atoms with van der Waals surface area (Å²) < 4.78 is 0. The van der Waals surface area contributed by atoms with Gasteiger partial charge in [-0.1, -0.05) is 19.3 Å². The van der Waals surface area contributed by atoms with Gasteiger partial charge in [-0.25, -0.2) is 0 Å². The fourth-order valence-corrected chi connectivity index (χ4v) is 3.04. The molecule has 16 heavy (non-hydrogen) atoms. The molecule has 0 radical (unpaired) electrons. The molecule has 1 aliphatic carbocycles. The predicted octanol–water partition coefficient (Wildman–Crippen LogP) is 0.467. The first-order valence-corrected chi connectivity index (χ1v) is 6.48. The van der Waals surface area contributed by atoms with E-state index >= 15 is 0 Å². The number of carbonyl (C=O) groups excluding carboxylic acids is 1. The number of hydrogen-bond acceptors (Lipinski definition) is 3. The molecule has 2 atom stereocenters. The Labute approximate surface area is 97.6 Å². The Bertz CT molecular complexity index is 251. The fourth-order valence-electron chi connectivity index (χ4n) is 3.04. The van der Waals surface area contributed by atoms with Crippen LogP contribution in [0.1, 0.15) is 39.0 Å². The smallest absolute Gasteiger partial charge is 0.238 e. The Hall–Kier alpha value is -0.610. The second-order valence-electron chi connectivity index (χ2n) is 5.15. The molecule has 0 bridgehead atoms. The lowest BCUT2D eigenvalue weighted by atomic mass is 9.91. The highest BCUT2D eigenvalue weighted by molar-refractivity contribution is 5.83. The molecule has 0 aromatic heterocycles.